The first-order chi connectivity index (χ1) is 10.1. The van der Waals surface area contributed by atoms with Gasteiger partial charge in [0, 0.05) is 34.8 Å². The number of aromatic nitrogens is 2. The summed E-state index contributed by atoms with van der Waals surface area (Å²) in [6, 6.07) is 2.19. The van der Waals surface area contributed by atoms with E-state index in [0.29, 0.717) is 5.13 Å². The number of rotatable bonds is 5. The molecule has 0 bridgehead atoms. The maximum atomic E-state index is 11.8. The maximum Gasteiger partial charge on any atom is 0.229 e. The molecule has 2 aromatic heterocycles. The molecule has 1 saturated carbocycles. The van der Waals surface area contributed by atoms with Crippen LogP contribution in [0, 0.1) is 19.8 Å². The largest absolute Gasteiger partial charge is 0.348 e. The SMILES string of the molecule is CCCn1c(C)cc(-c2csc(NC(=O)C3CC3)n2)c1C. The van der Waals surface area contributed by atoms with E-state index in [0.717, 1.165) is 31.5 Å². The van der Waals surface area contributed by atoms with Gasteiger partial charge in [-0.3, -0.25) is 4.79 Å². The number of anilines is 1. The number of carbonyl (C=O) groups excluding carboxylic acids is 1. The van der Waals surface area contributed by atoms with Crippen molar-refractivity contribution in [2.24, 2.45) is 5.92 Å². The molecular weight excluding hydrogens is 282 g/mol. The van der Waals surface area contributed by atoms with E-state index in [9.17, 15) is 4.79 Å². The highest BCUT2D eigenvalue weighted by atomic mass is 32.1. The molecule has 3 rings (SSSR count). The summed E-state index contributed by atoms with van der Waals surface area (Å²) in [5.41, 5.74) is 4.64. The van der Waals surface area contributed by atoms with Crippen molar-refractivity contribution >= 4 is 22.4 Å². The second kappa shape index (κ2) is 5.64. The Balaban J connectivity index is 1.82. The smallest absolute Gasteiger partial charge is 0.229 e. The maximum absolute atomic E-state index is 11.8. The van der Waals surface area contributed by atoms with Crippen LogP contribution in [0.3, 0.4) is 0 Å². The molecule has 1 aliphatic carbocycles. The van der Waals surface area contributed by atoms with Gasteiger partial charge in [-0.1, -0.05) is 6.92 Å². The molecule has 1 N–H and O–H groups in total. The number of aryl methyl sites for hydroxylation is 1. The molecule has 1 amide bonds. The first-order valence-electron chi connectivity index (χ1n) is 7.53. The molecule has 21 heavy (non-hydrogen) atoms. The van der Waals surface area contributed by atoms with Gasteiger partial charge in [0.2, 0.25) is 5.91 Å². The summed E-state index contributed by atoms with van der Waals surface area (Å²) in [7, 11) is 0. The van der Waals surface area contributed by atoms with Crippen LogP contribution >= 0.6 is 11.3 Å². The minimum atomic E-state index is 0.118. The van der Waals surface area contributed by atoms with E-state index in [1.807, 2.05) is 5.38 Å². The van der Waals surface area contributed by atoms with Crippen LogP contribution in [0.2, 0.25) is 0 Å². The van der Waals surface area contributed by atoms with Crippen LogP contribution in [0.5, 0.6) is 0 Å². The van der Waals surface area contributed by atoms with Crippen LogP contribution in [0.15, 0.2) is 11.4 Å². The molecule has 1 aliphatic rings. The Bertz CT molecular complexity index is 667. The molecule has 0 aromatic carbocycles. The van der Waals surface area contributed by atoms with Gasteiger partial charge in [0.05, 0.1) is 5.69 Å². The van der Waals surface area contributed by atoms with Gasteiger partial charge in [0.1, 0.15) is 0 Å². The van der Waals surface area contributed by atoms with Gasteiger partial charge in [-0.15, -0.1) is 11.3 Å². The lowest BCUT2D eigenvalue weighted by Gasteiger charge is -2.07. The average Bonchev–Trinajstić information content (AvgIpc) is 3.16. The molecule has 0 radical (unpaired) electrons. The van der Waals surface area contributed by atoms with Crippen molar-refractivity contribution in [1.82, 2.24) is 9.55 Å². The minimum Gasteiger partial charge on any atom is -0.348 e. The van der Waals surface area contributed by atoms with Crippen LogP contribution in [0.1, 0.15) is 37.6 Å². The molecule has 2 heterocycles. The van der Waals surface area contributed by atoms with E-state index in [1.165, 1.54) is 28.3 Å². The van der Waals surface area contributed by atoms with E-state index in [1.54, 1.807) is 0 Å². The zero-order chi connectivity index (χ0) is 15.0. The fourth-order valence-electron chi connectivity index (χ4n) is 2.64. The second-order valence-electron chi connectivity index (χ2n) is 5.74. The summed E-state index contributed by atoms with van der Waals surface area (Å²) in [6.07, 6.45) is 3.15. The van der Waals surface area contributed by atoms with E-state index >= 15 is 0 Å². The molecule has 112 valence electrons. The van der Waals surface area contributed by atoms with E-state index in [2.05, 4.69) is 41.7 Å². The van der Waals surface area contributed by atoms with Crippen molar-refractivity contribution in [3.05, 3.63) is 22.8 Å². The Kier molecular flexibility index (Phi) is 3.85. The summed E-state index contributed by atoms with van der Waals surface area (Å²) in [6.45, 7) is 7.49. The van der Waals surface area contributed by atoms with Crippen molar-refractivity contribution in [3.63, 3.8) is 0 Å². The van der Waals surface area contributed by atoms with Crippen LogP contribution < -0.4 is 5.32 Å². The Hall–Kier alpha value is -1.62. The molecular formula is C16H21N3OS. The molecule has 0 spiro atoms. The highest BCUT2D eigenvalue weighted by Gasteiger charge is 2.30. The Morgan fingerprint density at radius 2 is 2.24 bits per heavy atom. The van der Waals surface area contributed by atoms with Crippen LogP contribution in [0.4, 0.5) is 5.13 Å². The van der Waals surface area contributed by atoms with E-state index in [-0.39, 0.29) is 11.8 Å². The van der Waals surface area contributed by atoms with Gasteiger partial charge in [-0.2, -0.15) is 0 Å². The Morgan fingerprint density at radius 1 is 1.48 bits per heavy atom. The van der Waals surface area contributed by atoms with Gasteiger partial charge in [-0.25, -0.2) is 4.98 Å². The first-order valence-corrected chi connectivity index (χ1v) is 8.41. The molecule has 0 unspecified atom stereocenters. The number of thiazole rings is 1. The predicted octanol–water partition coefficient (Wildman–Crippen LogP) is 3.99. The zero-order valence-electron chi connectivity index (χ0n) is 12.8. The van der Waals surface area contributed by atoms with Gasteiger partial charge < -0.3 is 9.88 Å². The lowest BCUT2D eigenvalue weighted by molar-refractivity contribution is -0.117. The number of amides is 1. The molecule has 1 fully saturated rings. The summed E-state index contributed by atoms with van der Waals surface area (Å²) in [5.74, 6) is 0.333. The molecule has 2 aromatic rings. The average molecular weight is 303 g/mol. The summed E-state index contributed by atoms with van der Waals surface area (Å²) in [4.78, 5) is 16.4. The first kappa shape index (κ1) is 14.3. The van der Waals surface area contributed by atoms with Crippen molar-refractivity contribution in [2.45, 2.75) is 46.6 Å². The molecule has 0 atom stereocenters. The van der Waals surface area contributed by atoms with Crippen LogP contribution in [0.25, 0.3) is 11.3 Å². The number of nitrogens with one attached hydrogen (secondary N) is 1. The van der Waals surface area contributed by atoms with Crippen molar-refractivity contribution in [1.29, 1.82) is 0 Å². The van der Waals surface area contributed by atoms with Gasteiger partial charge in [-0.05, 0) is 39.2 Å². The summed E-state index contributed by atoms with van der Waals surface area (Å²) < 4.78 is 2.33. The monoisotopic (exact) mass is 303 g/mol. The fraction of sp³-hybridized carbons (Fsp3) is 0.500. The number of hydrogen-bond acceptors (Lipinski definition) is 3. The second-order valence-corrected chi connectivity index (χ2v) is 6.60. The third-order valence-corrected chi connectivity index (χ3v) is 4.74. The van der Waals surface area contributed by atoms with Crippen LogP contribution in [-0.2, 0) is 11.3 Å². The molecule has 5 heteroatoms. The number of nitrogens with zero attached hydrogens (tertiary/aromatic N) is 2. The van der Waals surface area contributed by atoms with Gasteiger partial charge in [0.15, 0.2) is 5.13 Å². The van der Waals surface area contributed by atoms with E-state index < -0.39 is 0 Å². The summed E-state index contributed by atoms with van der Waals surface area (Å²) >= 11 is 1.50. The van der Waals surface area contributed by atoms with Crippen LogP contribution in [-0.4, -0.2) is 15.5 Å². The minimum absolute atomic E-state index is 0.118. The number of hydrogen-bond donors (Lipinski definition) is 1. The highest BCUT2D eigenvalue weighted by molar-refractivity contribution is 7.14. The lowest BCUT2D eigenvalue weighted by atomic mass is 10.2. The fourth-order valence-corrected chi connectivity index (χ4v) is 3.35. The van der Waals surface area contributed by atoms with Gasteiger partial charge >= 0.3 is 0 Å². The Morgan fingerprint density at radius 3 is 2.90 bits per heavy atom. The Labute approximate surface area is 129 Å². The lowest BCUT2D eigenvalue weighted by Crippen LogP contribution is -2.12. The summed E-state index contributed by atoms with van der Waals surface area (Å²) in [5, 5.41) is 5.66. The standard InChI is InChI=1S/C16H21N3OS/c1-4-7-19-10(2)8-13(11(19)3)14-9-21-16(17-14)18-15(20)12-5-6-12/h8-9,12H,4-7H2,1-3H3,(H,17,18,20). The molecule has 0 saturated heterocycles. The number of carbonyl (C=O) groups is 1. The molecule has 4 nitrogen and oxygen atoms in total. The normalized spacial score (nSPS) is 14.4. The third-order valence-electron chi connectivity index (χ3n) is 3.98. The third kappa shape index (κ3) is 2.88. The van der Waals surface area contributed by atoms with Gasteiger partial charge in [0.25, 0.3) is 0 Å². The van der Waals surface area contributed by atoms with Crippen molar-refractivity contribution in [3.8, 4) is 11.3 Å². The predicted molar refractivity (Wildman–Crippen MR) is 86.7 cm³/mol. The molecule has 0 aliphatic heterocycles. The zero-order valence-corrected chi connectivity index (χ0v) is 13.6. The topological polar surface area (TPSA) is 46.9 Å². The highest BCUT2D eigenvalue weighted by Crippen LogP contribution is 2.33. The van der Waals surface area contributed by atoms with E-state index in [4.69, 9.17) is 0 Å². The van der Waals surface area contributed by atoms with Crippen molar-refractivity contribution in [2.75, 3.05) is 5.32 Å². The quantitative estimate of drug-likeness (QED) is 0.908. The van der Waals surface area contributed by atoms with Crippen molar-refractivity contribution < 1.29 is 4.79 Å².